The molecule has 0 radical (unpaired) electrons. The number of carboxylic acids is 1. The second-order valence-corrected chi connectivity index (χ2v) is 4.03. The van der Waals surface area contributed by atoms with Gasteiger partial charge in [-0.1, -0.05) is 25.5 Å². The van der Waals surface area contributed by atoms with Crippen LogP contribution in [0.5, 0.6) is 5.75 Å². The highest BCUT2D eigenvalue weighted by Crippen LogP contribution is 2.18. The van der Waals surface area contributed by atoms with Crippen LogP contribution in [0.15, 0.2) is 30.5 Å². The van der Waals surface area contributed by atoms with Crippen molar-refractivity contribution in [2.45, 2.75) is 19.8 Å². The molecule has 2 N–H and O–H groups in total. The Morgan fingerprint density at radius 3 is 2.50 bits per heavy atom. The Bertz CT molecular complexity index is 558. The fourth-order valence-electron chi connectivity index (χ4n) is 1.75. The van der Waals surface area contributed by atoms with Gasteiger partial charge in [-0.15, -0.1) is 0 Å². The summed E-state index contributed by atoms with van der Waals surface area (Å²) in [7, 11) is 0. The van der Waals surface area contributed by atoms with E-state index in [0.717, 1.165) is 18.5 Å². The minimum Gasteiger partial charge on any atom is -0.504 e. The number of nitrogens with zero attached hydrogens (tertiary/aromatic N) is 2. The molecule has 0 unspecified atom stereocenters. The monoisotopic (exact) mass is 246 g/mol. The van der Waals surface area contributed by atoms with Gasteiger partial charge in [-0.25, -0.2) is 9.48 Å². The van der Waals surface area contributed by atoms with Crippen LogP contribution >= 0.6 is 0 Å². The van der Waals surface area contributed by atoms with Crippen molar-refractivity contribution in [2.24, 2.45) is 0 Å². The normalized spacial score (nSPS) is 10.5. The number of aromatic nitrogens is 2. The Kier molecular flexibility index (Phi) is 3.32. The van der Waals surface area contributed by atoms with Crippen LogP contribution in [0.2, 0.25) is 0 Å². The molecule has 0 saturated heterocycles. The van der Waals surface area contributed by atoms with Gasteiger partial charge in [-0.05, 0) is 24.1 Å². The Morgan fingerprint density at radius 2 is 2.00 bits per heavy atom. The maximum Gasteiger partial charge on any atom is 0.360 e. The van der Waals surface area contributed by atoms with E-state index in [-0.39, 0.29) is 11.4 Å². The van der Waals surface area contributed by atoms with Crippen molar-refractivity contribution in [3.05, 3.63) is 41.7 Å². The number of aryl methyl sites for hydroxylation is 1. The lowest BCUT2D eigenvalue weighted by Crippen LogP contribution is -2.01. The second kappa shape index (κ2) is 4.91. The zero-order valence-electron chi connectivity index (χ0n) is 10.00. The molecule has 0 atom stereocenters. The van der Waals surface area contributed by atoms with Crippen LogP contribution in [-0.4, -0.2) is 26.0 Å². The predicted octanol–water partition coefficient (Wildman–Crippen LogP) is 2.23. The summed E-state index contributed by atoms with van der Waals surface area (Å²) in [6, 6.07) is 7.64. The summed E-state index contributed by atoms with van der Waals surface area (Å²) in [5.74, 6) is -1.58. The van der Waals surface area contributed by atoms with E-state index in [1.54, 1.807) is 0 Å². The predicted molar refractivity (Wildman–Crippen MR) is 66.2 cm³/mol. The van der Waals surface area contributed by atoms with E-state index in [1.165, 1.54) is 16.4 Å². The van der Waals surface area contributed by atoms with Gasteiger partial charge in [-0.3, -0.25) is 0 Å². The molecule has 94 valence electrons. The number of carboxylic acid groups (broad SMARTS) is 1. The zero-order valence-corrected chi connectivity index (χ0v) is 10.00. The van der Waals surface area contributed by atoms with Crippen molar-refractivity contribution in [3.8, 4) is 11.4 Å². The van der Waals surface area contributed by atoms with Crippen molar-refractivity contribution in [1.29, 1.82) is 0 Å². The molecule has 0 fully saturated rings. The molecule has 1 heterocycles. The molecule has 1 aromatic carbocycles. The molecular weight excluding hydrogens is 232 g/mol. The maximum atomic E-state index is 10.8. The quantitative estimate of drug-likeness (QED) is 0.867. The van der Waals surface area contributed by atoms with Gasteiger partial charge >= 0.3 is 5.97 Å². The molecule has 2 aromatic rings. The molecule has 0 spiro atoms. The van der Waals surface area contributed by atoms with E-state index >= 15 is 0 Å². The molecule has 5 nitrogen and oxygen atoms in total. The third-order valence-electron chi connectivity index (χ3n) is 2.64. The molecule has 0 aliphatic heterocycles. The van der Waals surface area contributed by atoms with E-state index in [2.05, 4.69) is 12.0 Å². The van der Waals surface area contributed by atoms with E-state index in [9.17, 15) is 9.90 Å². The Balaban J connectivity index is 2.31. The van der Waals surface area contributed by atoms with Crippen molar-refractivity contribution in [1.82, 2.24) is 9.78 Å². The molecule has 0 amide bonds. The summed E-state index contributed by atoms with van der Waals surface area (Å²) in [6.45, 7) is 2.11. The molecule has 0 bridgehead atoms. The number of aromatic hydroxyl groups is 1. The first-order valence-electron chi connectivity index (χ1n) is 5.73. The van der Waals surface area contributed by atoms with Gasteiger partial charge in [0, 0.05) is 0 Å². The van der Waals surface area contributed by atoms with Crippen molar-refractivity contribution in [3.63, 3.8) is 0 Å². The number of hydrogen-bond acceptors (Lipinski definition) is 3. The lowest BCUT2D eigenvalue weighted by Gasteiger charge is -2.02. The minimum absolute atomic E-state index is 0.333. The van der Waals surface area contributed by atoms with Crippen LogP contribution in [0.1, 0.15) is 29.4 Å². The van der Waals surface area contributed by atoms with Gasteiger partial charge in [0.25, 0.3) is 0 Å². The summed E-state index contributed by atoms with van der Waals surface area (Å²) in [5, 5.41) is 22.1. The van der Waals surface area contributed by atoms with Gasteiger partial charge < -0.3 is 10.2 Å². The van der Waals surface area contributed by atoms with Gasteiger partial charge in [0.05, 0.1) is 11.9 Å². The third kappa shape index (κ3) is 2.34. The summed E-state index contributed by atoms with van der Waals surface area (Å²) in [5.41, 5.74) is 1.60. The van der Waals surface area contributed by atoms with Crippen LogP contribution in [0, 0.1) is 0 Å². The van der Waals surface area contributed by atoms with Crippen LogP contribution in [0.4, 0.5) is 0 Å². The highest BCUT2D eigenvalue weighted by atomic mass is 16.4. The Morgan fingerprint density at radius 1 is 1.33 bits per heavy atom. The van der Waals surface area contributed by atoms with Crippen LogP contribution in [0.3, 0.4) is 0 Å². The van der Waals surface area contributed by atoms with Gasteiger partial charge in [0.2, 0.25) is 5.69 Å². The van der Waals surface area contributed by atoms with Gasteiger partial charge in [-0.2, -0.15) is 5.10 Å². The highest BCUT2D eigenvalue weighted by Gasteiger charge is 2.15. The summed E-state index contributed by atoms with van der Waals surface area (Å²) >= 11 is 0. The molecule has 0 aliphatic carbocycles. The van der Waals surface area contributed by atoms with E-state index < -0.39 is 5.97 Å². The number of carbonyl (C=O) groups is 1. The second-order valence-electron chi connectivity index (χ2n) is 4.03. The standard InChI is InChI=1S/C13H14N2O3/c1-2-3-9-4-6-10(7-5-9)15-8-11(16)12(14-15)13(17)18/h4-8,16H,2-3H2,1H3,(H,17,18). The molecular formula is C13H14N2O3. The molecule has 2 rings (SSSR count). The Hall–Kier alpha value is -2.30. The zero-order chi connectivity index (χ0) is 13.1. The lowest BCUT2D eigenvalue weighted by atomic mass is 10.1. The number of benzene rings is 1. The van der Waals surface area contributed by atoms with Crippen molar-refractivity contribution < 1.29 is 15.0 Å². The molecule has 0 aliphatic rings. The van der Waals surface area contributed by atoms with E-state index in [4.69, 9.17) is 5.11 Å². The van der Waals surface area contributed by atoms with E-state index in [0.29, 0.717) is 0 Å². The Labute approximate surface area is 104 Å². The first-order chi connectivity index (χ1) is 8.61. The smallest absolute Gasteiger partial charge is 0.360 e. The van der Waals surface area contributed by atoms with E-state index in [1.807, 2.05) is 24.3 Å². The summed E-state index contributed by atoms with van der Waals surface area (Å²) in [6.07, 6.45) is 3.37. The largest absolute Gasteiger partial charge is 0.504 e. The number of hydrogen-bond donors (Lipinski definition) is 2. The maximum absolute atomic E-state index is 10.8. The van der Waals surface area contributed by atoms with Crippen LogP contribution in [0.25, 0.3) is 5.69 Å². The number of aromatic carboxylic acids is 1. The van der Waals surface area contributed by atoms with Crippen LogP contribution < -0.4 is 0 Å². The fraction of sp³-hybridized carbons (Fsp3) is 0.231. The highest BCUT2D eigenvalue weighted by molar-refractivity contribution is 5.88. The minimum atomic E-state index is -1.24. The SMILES string of the molecule is CCCc1ccc(-n2cc(O)c(C(=O)O)n2)cc1. The molecule has 18 heavy (non-hydrogen) atoms. The van der Waals surface area contributed by atoms with Crippen molar-refractivity contribution in [2.75, 3.05) is 0 Å². The average molecular weight is 246 g/mol. The molecule has 1 aromatic heterocycles. The van der Waals surface area contributed by atoms with Gasteiger partial charge in [0.15, 0.2) is 5.75 Å². The molecule has 0 saturated carbocycles. The van der Waals surface area contributed by atoms with Crippen molar-refractivity contribution >= 4 is 5.97 Å². The summed E-state index contributed by atoms with van der Waals surface area (Å²) in [4.78, 5) is 10.8. The third-order valence-corrected chi connectivity index (χ3v) is 2.64. The fourth-order valence-corrected chi connectivity index (χ4v) is 1.75. The molecule has 5 heteroatoms. The lowest BCUT2D eigenvalue weighted by molar-refractivity contribution is 0.0687. The topological polar surface area (TPSA) is 75.4 Å². The first-order valence-corrected chi connectivity index (χ1v) is 5.73. The van der Waals surface area contributed by atoms with Crippen LogP contribution in [-0.2, 0) is 6.42 Å². The first kappa shape index (κ1) is 12.2. The van der Waals surface area contributed by atoms with Gasteiger partial charge in [0.1, 0.15) is 0 Å². The number of rotatable bonds is 4. The summed E-state index contributed by atoms with van der Waals surface area (Å²) < 4.78 is 1.36. The average Bonchev–Trinajstić information content (AvgIpc) is 2.73.